The lowest BCUT2D eigenvalue weighted by Crippen LogP contribution is -2.17. The highest BCUT2D eigenvalue weighted by Gasteiger charge is 2.41. The van der Waals surface area contributed by atoms with Crippen molar-refractivity contribution < 1.29 is 0 Å². The van der Waals surface area contributed by atoms with Crippen molar-refractivity contribution in [2.45, 2.75) is 38.5 Å². The Bertz CT molecular complexity index is 3030. The fourth-order valence-corrected chi connectivity index (χ4v) is 10.1. The summed E-state index contributed by atoms with van der Waals surface area (Å²) < 4.78 is 0. The highest BCUT2D eigenvalue weighted by molar-refractivity contribution is 6.28. The van der Waals surface area contributed by atoms with Crippen LogP contribution in [0.3, 0.4) is 0 Å². The molecule has 11 rings (SSSR count). The van der Waals surface area contributed by atoms with Crippen LogP contribution in [0.2, 0.25) is 0 Å². The van der Waals surface area contributed by atoms with Gasteiger partial charge in [0.15, 0.2) is 0 Å². The van der Waals surface area contributed by atoms with Crippen molar-refractivity contribution in [3.05, 3.63) is 192 Å². The van der Waals surface area contributed by atoms with E-state index in [1.165, 1.54) is 110 Å². The molecule has 9 aromatic carbocycles. The SMILES string of the molecule is CC1(C)c2ccccc2-c2cc3c(cc21)-c1ccc(-c2cccc(-c4c5ccccc5c(-c5ccccc5)c5c4ccc4ccccc45)c2)cc1C3(C)C. The molecule has 2 aliphatic rings. The van der Waals surface area contributed by atoms with Crippen molar-refractivity contribution >= 4 is 32.3 Å². The molecule has 0 atom stereocenters. The topological polar surface area (TPSA) is 0 Å². The normalized spacial score (nSPS) is 14.6. The molecule has 9 aromatic rings. The summed E-state index contributed by atoms with van der Waals surface area (Å²) in [7, 11) is 0. The molecule has 0 nitrogen and oxygen atoms in total. The predicted octanol–water partition coefficient (Wildman–Crippen LogP) is 14.8. The first-order valence-corrected chi connectivity index (χ1v) is 19.3. The maximum Gasteiger partial charge on any atom is 0.0159 e. The predicted molar refractivity (Wildman–Crippen MR) is 230 cm³/mol. The maximum atomic E-state index is 2.51. The molecule has 0 fully saturated rings. The lowest BCUT2D eigenvalue weighted by molar-refractivity contribution is 0.652. The Balaban J connectivity index is 1.09. The van der Waals surface area contributed by atoms with Crippen LogP contribution in [0.5, 0.6) is 0 Å². The molecule has 0 heterocycles. The maximum absolute atomic E-state index is 2.51. The van der Waals surface area contributed by atoms with Crippen LogP contribution in [-0.2, 0) is 10.8 Å². The summed E-state index contributed by atoms with van der Waals surface area (Å²) in [5.41, 5.74) is 18.7. The molecule has 0 saturated heterocycles. The largest absolute Gasteiger partial charge is 0.0622 e. The van der Waals surface area contributed by atoms with E-state index < -0.39 is 0 Å². The van der Waals surface area contributed by atoms with Crippen LogP contribution in [0.1, 0.15) is 49.9 Å². The van der Waals surface area contributed by atoms with E-state index in [-0.39, 0.29) is 10.8 Å². The third kappa shape index (κ3) is 4.26. The van der Waals surface area contributed by atoms with Gasteiger partial charge in [-0.25, -0.2) is 0 Å². The minimum absolute atomic E-state index is 0.0197. The quantitative estimate of drug-likeness (QED) is 0.128. The van der Waals surface area contributed by atoms with Gasteiger partial charge in [-0.15, -0.1) is 0 Å². The molecular formula is C54H40. The van der Waals surface area contributed by atoms with Crippen molar-refractivity contribution in [3.63, 3.8) is 0 Å². The Morgan fingerprint density at radius 3 is 1.63 bits per heavy atom. The summed E-state index contributed by atoms with van der Waals surface area (Å²) in [4.78, 5) is 0. The van der Waals surface area contributed by atoms with Crippen LogP contribution in [0.15, 0.2) is 170 Å². The summed E-state index contributed by atoms with van der Waals surface area (Å²) in [6, 6.07) is 63.9. The molecule has 0 N–H and O–H groups in total. The van der Waals surface area contributed by atoms with Gasteiger partial charge in [-0.3, -0.25) is 0 Å². The summed E-state index contributed by atoms with van der Waals surface area (Å²) in [5.74, 6) is 0. The lowest BCUT2D eigenvalue weighted by Gasteiger charge is -2.24. The monoisotopic (exact) mass is 688 g/mol. The third-order valence-electron chi connectivity index (χ3n) is 12.8. The molecular weight excluding hydrogens is 649 g/mol. The average molecular weight is 689 g/mol. The van der Waals surface area contributed by atoms with Gasteiger partial charge in [0, 0.05) is 10.8 Å². The molecule has 0 radical (unpaired) electrons. The molecule has 0 saturated carbocycles. The van der Waals surface area contributed by atoms with Crippen molar-refractivity contribution in [3.8, 4) is 55.6 Å². The minimum atomic E-state index is -0.115. The van der Waals surface area contributed by atoms with E-state index in [0.29, 0.717) is 0 Å². The van der Waals surface area contributed by atoms with E-state index in [4.69, 9.17) is 0 Å². The first-order chi connectivity index (χ1) is 26.3. The van der Waals surface area contributed by atoms with Gasteiger partial charge in [0.2, 0.25) is 0 Å². The van der Waals surface area contributed by atoms with Crippen molar-refractivity contribution in [2.75, 3.05) is 0 Å². The fraction of sp³-hybridized carbons (Fsp3) is 0.111. The molecule has 0 aliphatic heterocycles. The van der Waals surface area contributed by atoms with Crippen molar-refractivity contribution in [1.29, 1.82) is 0 Å². The van der Waals surface area contributed by atoms with Gasteiger partial charge in [0.25, 0.3) is 0 Å². The van der Waals surface area contributed by atoms with Crippen LogP contribution in [-0.4, -0.2) is 0 Å². The van der Waals surface area contributed by atoms with Gasteiger partial charge < -0.3 is 0 Å². The number of rotatable bonds is 3. The molecule has 0 heteroatoms. The summed E-state index contributed by atoms with van der Waals surface area (Å²) in [6.45, 7) is 9.58. The highest BCUT2D eigenvalue weighted by Crippen LogP contribution is 2.56. The summed E-state index contributed by atoms with van der Waals surface area (Å²) in [6.07, 6.45) is 0. The molecule has 0 aromatic heterocycles. The van der Waals surface area contributed by atoms with Crippen molar-refractivity contribution in [2.24, 2.45) is 0 Å². The summed E-state index contributed by atoms with van der Waals surface area (Å²) in [5, 5.41) is 7.70. The zero-order valence-electron chi connectivity index (χ0n) is 31.2. The Morgan fingerprint density at radius 1 is 0.296 bits per heavy atom. The van der Waals surface area contributed by atoms with Crippen molar-refractivity contribution in [1.82, 2.24) is 0 Å². The van der Waals surface area contributed by atoms with Gasteiger partial charge in [0.05, 0.1) is 0 Å². The number of hydrogen-bond acceptors (Lipinski definition) is 0. The molecule has 2 aliphatic carbocycles. The Kier molecular flexibility index (Phi) is 6.46. The number of fused-ring (bicyclic) bond motifs is 10. The van der Waals surface area contributed by atoms with Crippen LogP contribution >= 0.6 is 0 Å². The third-order valence-corrected chi connectivity index (χ3v) is 12.8. The van der Waals surface area contributed by atoms with Gasteiger partial charge >= 0.3 is 0 Å². The first-order valence-electron chi connectivity index (χ1n) is 19.3. The van der Waals surface area contributed by atoms with Gasteiger partial charge in [-0.2, -0.15) is 0 Å². The van der Waals surface area contributed by atoms with Crippen LogP contribution in [0, 0.1) is 0 Å². The van der Waals surface area contributed by atoms with Gasteiger partial charge in [-0.05, 0) is 134 Å². The smallest absolute Gasteiger partial charge is 0.0159 e. The fourth-order valence-electron chi connectivity index (χ4n) is 10.1. The zero-order valence-corrected chi connectivity index (χ0v) is 31.2. The molecule has 54 heavy (non-hydrogen) atoms. The zero-order chi connectivity index (χ0) is 36.3. The van der Waals surface area contributed by atoms with Gasteiger partial charge in [0.1, 0.15) is 0 Å². The van der Waals surface area contributed by atoms with E-state index in [9.17, 15) is 0 Å². The second-order valence-electron chi connectivity index (χ2n) is 16.5. The molecule has 0 spiro atoms. The lowest BCUT2D eigenvalue weighted by atomic mass is 9.79. The molecule has 0 unspecified atom stereocenters. The Morgan fingerprint density at radius 2 is 0.852 bits per heavy atom. The van der Waals surface area contributed by atoms with E-state index in [1.807, 2.05) is 0 Å². The van der Waals surface area contributed by atoms with Crippen LogP contribution < -0.4 is 0 Å². The van der Waals surface area contributed by atoms with E-state index in [1.54, 1.807) is 0 Å². The van der Waals surface area contributed by atoms with E-state index in [2.05, 4.69) is 198 Å². The van der Waals surface area contributed by atoms with Crippen LogP contribution in [0.4, 0.5) is 0 Å². The van der Waals surface area contributed by atoms with E-state index >= 15 is 0 Å². The highest BCUT2D eigenvalue weighted by atomic mass is 14.4. The molecule has 0 amide bonds. The number of hydrogen-bond donors (Lipinski definition) is 0. The second kappa shape index (κ2) is 11.1. The van der Waals surface area contributed by atoms with E-state index in [0.717, 1.165) is 0 Å². The first kappa shape index (κ1) is 31.3. The van der Waals surface area contributed by atoms with Gasteiger partial charge in [-0.1, -0.05) is 173 Å². The Hall–Kier alpha value is -6.24. The number of benzene rings is 9. The second-order valence-corrected chi connectivity index (χ2v) is 16.5. The summed E-state index contributed by atoms with van der Waals surface area (Å²) >= 11 is 0. The Labute approximate surface area is 317 Å². The van der Waals surface area contributed by atoms with Crippen LogP contribution in [0.25, 0.3) is 88.0 Å². The minimum Gasteiger partial charge on any atom is -0.0622 e. The average Bonchev–Trinajstić information content (AvgIpc) is 3.58. The standard InChI is InChI=1S/C54H40/c1-53(2)46-24-13-12-21-39(46)44-31-49-45(32-48(44)53)40-27-26-36(30-47(40)54(49,3)4)35-18-14-19-37(29-35)50-41-22-10-11-23-42(41)51(34-16-6-5-7-17-34)52-38-20-9-8-15-33(38)25-28-43(50)52/h5-32H,1-4H3. The molecule has 0 bridgehead atoms. The molecule has 256 valence electrons.